The molecular weight excluding hydrogens is 230 g/mol. The molecule has 4 nitrogen and oxygen atoms in total. The molecule has 18 heavy (non-hydrogen) atoms. The zero-order valence-electron chi connectivity index (χ0n) is 11.1. The van der Waals surface area contributed by atoms with Gasteiger partial charge in [0.2, 0.25) is 0 Å². The van der Waals surface area contributed by atoms with Gasteiger partial charge in [-0.05, 0) is 31.6 Å². The Morgan fingerprint density at radius 3 is 2.22 bits per heavy atom. The van der Waals surface area contributed by atoms with Crippen molar-refractivity contribution in [2.75, 3.05) is 13.2 Å². The standard InChI is InChI=1S/C14H25NO3/c16-14(17)13(11-7-9-18-10-8-11)15-12-5-3-1-2-4-6-12/h11-13,15H,1-10H2,(H,16,17). The van der Waals surface area contributed by atoms with Gasteiger partial charge in [0.05, 0.1) is 0 Å². The highest BCUT2D eigenvalue weighted by Crippen LogP contribution is 2.23. The molecule has 0 bridgehead atoms. The van der Waals surface area contributed by atoms with Gasteiger partial charge in [0.15, 0.2) is 0 Å². The van der Waals surface area contributed by atoms with Crippen molar-refractivity contribution in [1.82, 2.24) is 5.32 Å². The van der Waals surface area contributed by atoms with Gasteiger partial charge in [-0.3, -0.25) is 4.79 Å². The summed E-state index contributed by atoms with van der Waals surface area (Å²) in [7, 11) is 0. The lowest BCUT2D eigenvalue weighted by molar-refractivity contribution is -0.142. The number of carbonyl (C=O) groups is 1. The first-order valence-corrected chi connectivity index (χ1v) is 7.34. The molecule has 0 aromatic rings. The first-order chi connectivity index (χ1) is 8.77. The van der Waals surface area contributed by atoms with Gasteiger partial charge in [-0.25, -0.2) is 0 Å². The Labute approximate surface area is 109 Å². The molecule has 0 amide bonds. The lowest BCUT2D eigenvalue weighted by Crippen LogP contribution is -2.49. The molecule has 1 aliphatic carbocycles. The van der Waals surface area contributed by atoms with Crippen LogP contribution in [0.5, 0.6) is 0 Å². The third-order valence-electron chi connectivity index (χ3n) is 4.27. The summed E-state index contributed by atoms with van der Waals surface area (Å²) in [5, 5.41) is 12.8. The van der Waals surface area contributed by atoms with E-state index in [9.17, 15) is 9.90 Å². The quantitative estimate of drug-likeness (QED) is 0.756. The van der Waals surface area contributed by atoms with Crippen LogP contribution in [0.2, 0.25) is 0 Å². The van der Waals surface area contributed by atoms with Crippen LogP contribution in [0.1, 0.15) is 51.4 Å². The maximum atomic E-state index is 11.5. The smallest absolute Gasteiger partial charge is 0.320 e. The minimum Gasteiger partial charge on any atom is -0.480 e. The molecule has 0 aromatic carbocycles. The van der Waals surface area contributed by atoms with Gasteiger partial charge in [-0.2, -0.15) is 0 Å². The Morgan fingerprint density at radius 1 is 1.06 bits per heavy atom. The molecule has 1 unspecified atom stereocenters. The van der Waals surface area contributed by atoms with Crippen molar-refractivity contribution < 1.29 is 14.6 Å². The van der Waals surface area contributed by atoms with Gasteiger partial charge >= 0.3 is 5.97 Å². The predicted molar refractivity (Wildman–Crippen MR) is 69.6 cm³/mol. The fourth-order valence-corrected chi connectivity index (χ4v) is 3.16. The number of aliphatic carboxylic acids is 1. The van der Waals surface area contributed by atoms with Crippen LogP contribution in [0.15, 0.2) is 0 Å². The van der Waals surface area contributed by atoms with E-state index >= 15 is 0 Å². The summed E-state index contributed by atoms with van der Waals surface area (Å²) in [6.45, 7) is 1.42. The minimum absolute atomic E-state index is 0.236. The van der Waals surface area contributed by atoms with Gasteiger partial charge in [-0.1, -0.05) is 25.7 Å². The number of hydrogen-bond donors (Lipinski definition) is 2. The summed E-state index contributed by atoms with van der Waals surface area (Å²) in [5.74, 6) is -0.453. The Hall–Kier alpha value is -0.610. The van der Waals surface area contributed by atoms with E-state index in [0.29, 0.717) is 19.3 Å². The van der Waals surface area contributed by atoms with E-state index in [1.54, 1.807) is 0 Å². The van der Waals surface area contributed by atoms with E-state index in [1.165, 1.54) is 25.7 Å². The molecule has 1 saturated carbocycles. The summed E-state index contributed by atoms with van der Waals surface area (Å²) < 4.78 is 5.32. The van der Waals surface area contributed by atoms with E-state index in [4.69, 9.17) is 4.74 Å². The van der Waals surface area contributed by atoms with Crippen molar-refractivity contribution in [2.24, 2.45) is 5.92 Å². The predicted octanol–water partition coefficient (Wildman–Crippen LogP) is 2.18. The van der Waals surface area contributed by atoms with Crippen LogP contribution in [0, 0.1) is 5.92 Å². The molecule has 2 N–H and O–H groups in total. The van der Waals surface area contributed by atoms with E-state index < -0.39 is 5.97 Å². The summed E-state index contributed by atoms with van der Waals surface area (Å²) in [5.41, 5.74) is 0. The number of carboxylic acid groups (broad SMARTS) is 1. The average Bonchev–Trinajstić information content (AvgIpc) is 2.65. The Balaban J connectivity index is 1.89. The second-order valence-electron chi connectivity index (χ2n) is 5.62. The van der Waals surface area contributed by atoms with Gasteiger partial charge in [-0.15, -0.1) is 0 Å². The first-order valence-electron chi connectivity index (χ1n) is 7.34. The Bertz CT molecular complexity index is 256. The highest BCUT2D eigenvalue weighted by Gasteiger charge is 2.31. The van der Waals surface area contributed by atoms with Gasteiger partial charge < -0.3 is 15.2 Å². The van der Waals surface area contributed by atoms with Crippen LogP contribution in [0.25, 0.3) is 0 Å². The molecule has 0 radical (unpaired) electrons. The largest absolute Gasteiger partial charge is 0.480 e. The van der Waals surface area contributed by atoms with Crippen LogP contribution in [0.3, 0.4) is 0 Å². The molecule has 2 rings (SSSR count). The van der Waals surface area contributed by atoms with Crippen molar-refractivity contribution >= 4 is 5.97 Å². The van der Waals surface area contributed by atoms with Gasteiger partial charge in [0.25, 0.3) is 0 Å². The number of nitrogens with one attached hydrogen (secondary N) is 1. The summed E-state index contributed by atoms with van der Waals surface area (Å²) in [6, 6.07) is 0.0217. The van der Waals surface area contributed by atoms with Crippen molar-refractivity contribution in [1.29, 1.82) is 0 Å². The highest BCUT2D eigenvalue weighted by molar-refractivity contribution is 5.74. The SMILES string of the molecule is O=C(O)C(NC1CCCCCC1)C1CCOCC1. The second kappa shape index (κ2) is 7.10. The van der Waals surface area contributed by atoms with Crippen molar-refractivity contribution in [3.8, 4) is 0 Å². The summed E-state index contributed by atoms with van der Waals surface area (Å²) in [4.78, 5) is 11.5. The molecular formula is C14H25NO3. The van der Waals surface area contributed by atoms with Crippen molar-refractivity contribution in [3.63, 3.8) is 0 Å². The molecule has 0 aromatic heterocycles. The van der Waals surface area contributed by atoms with Gasteiger partial charge in [0, 0.05) is 19.3 Å². The second-order valence-corrected chi connectivity index (χ2v) is 5.62. The zero-order chi connectivity index (χ0) is 12.8. The molecule has 1 saturated heterocycles. The number of hydrogen-bond acceptors (Lipinski definition) is 3. The van der Waals surface area contributed by atoms with Gasteiger partial charge in [0.1, 0.15) is 6.04 Å². The normalized spacial score (nSPS) is 25.6. The van der Waals surface area contributed by atoms with Crippen LogP contribution in [0.4, 0.5) is 0 Å². The Morgan fingerprint density at radius 2 is 1.67 bits per heavy atom. The van der Waals surface area contributed by atoms with Crippen LogP contribution >= 0.6 is 0 Å². The monoisotopic (exact) mass is 255 g/mol. The molecule has 1 aliphatic heterocycles. The summed E-state index contributed by atoms with van der Waals surface area (Å²) >= 11 is 0. The zero-order valence-corrected chi connectivity index (χ0v) is 11.1. The van der Waals surface area contributed by atoms with Crippen LogP contribution in [-0.4, -0.2) is 36.4 Å². The molecule has 4 heteroatoms. The fraction of sp³-hybridized carbons (Fsp3) is 0.929. The number of carboxylic acids is 1. The molecule has 0 spiro atoms. The maximum absolute atomic E-state index is 11.5. The topological polar surface area (TPSA) is 58.6 Å². The fourth-order valence-electron chi connectivity index (χ4n) is 3.16. The van der Waals surface area contributed by atoms with Crippen LogP contribution < -0.4 is 5.32 Å². The lowest BCUT2D eigenvalue weighted by Gasteiger charge is -2.31. The van der Waals surface area contributed by atoms with Crippen molar-refractivity contribution in [3.05, 3.63) is 0 Å². The first kappa shape index (κ1) is 13.8. The molecule has 104 valence electrons. The van der Waals surface area contributed by atoms with E-state index in [0.717, 1.165) is 25.7 Å². The van der Waals surface area contributed by atoms with E-state index in [2.05, 4.69) is 5.32 Å². The summed E-state index contributed by atoms with van der Waals surface area (Å²) in [6.07, 6.45) is 9.07. The number of ether oxygens (including phenoxy) is 1. The molecule has 2 aliphatic rings. The Kier molecular flexibility index (Phi) is 5.45. The third kappa shape index (κ3) is 3.95. The average molecular weight is 255 g/mol. The lowest BCUT2D eigenvalue weighted by atomic mass is 9.90. The van der Waals surface area contributed by atoms with E-state index in [1.807, 2.05) is 0 Å². The molecule has 1 heterocycles. The minimum atomic E-state index is -0.689. The molecule has 2 fully saturated rings. The number of rotatable bonds is 4. The highest BCUT2D eigenvalue weighted by atomic mass is 16.5. The molecule has 1 atom stereocenters. The van der Waals surface area contributed by atoms with E-state index in [-0.39, 0.29) is 12.0 Å². The third-order valence-corrected chi connectivity index (χ3v) is 4.27. The van der Waals surface area contributed by atoms with Crippen molar-refractivity contribution in [2.45, 2.75) is 63.5 Å². The maximum Gasteiger partial charge on any atom is 0.320 e. The van der Waals surface area contributed by atoms with Crippen LogP contribution in [-0.2, 0) is 9.53 Å².